The second kappa shape index (κ2) is 6.27. The molecule has 3 rings (SSSR count). The summed E-state index contributed by atoms with van der Waals surface area (Å²) in [5.41, 5.74) is 7.31. The Labute approximate surface area is 129 Å². The number of hydrogen-bond acceptors (Lipinski definition) is 5. The smallest absolute Gasteiger partial charge is 0.227 e. The molecule has 0 bridgehead atoms. The Kier molecular flexibility index (Phi) is 4.20. The first-order valence-corrected chi connectivity index (χ1v) is 7.59. The summed E-state index contributed by atoms with van der Waals surface area (Å²) in [6.45, 7) is 2.31. The third-order valence-corrected chi connectivity index (χ3v) is 4.21. The van der Waals surface area contributed by atoms with Crippen LogP contribution in [0.15, 0.2) is 28.8 Å². The summed E-state index contributed by atoms with van der Waals surface area (Å²) in [5.74, 6) is 1.40. The number of nitrogens with two attached hydrogens (primary N) is 1. The van der Waals surface area contributed by atoms with Crippen molar-refractivity contribution in [3.05, 3.63) is 30.2 Å². The maximum atomic E-state index is 12.4. The predicted molar refractivity (Wildman–Crippen MR) is 83.0 cm³/mol. The molecule has 1 amide bonds. The number of hydrogen-bond donors (Lipinski definition) is 2. The predicted octanol–water partition coefficient (Wildman–Crippen LogP) is 2.36. The van der Waals surface area contributed by atoms with Crippen molar-refractivity contribution in [3.8, 4) is 11.4 Å². The number of nitrogens with one attached hydrogen (secondary N) is 1. The average Bonchev–Trinajstić information content (AvgIpc) is 3.16. The molecule has 1 aromatic carbocycles. The minimum atomic E-state index is 0.0149. The van der Waals surface area contributed by atoms with Crippen LogP contribution in [0.3, 0.4) is 0 Å². The van der Waals surface area contributed by atoms with Crippen LogP contribution in [0, 0.1) is 18.8 Å². The summed E-state index contributed by atoms with van der Waals surface area (Å²) >= 11 is 0. The Bertz CT molecular complexity index is 668. The van der Waals surface area contributed by atoms with Gasteiger partial charge in [0.25, 0.3) is 0 Å². The molecule has 1 heterocycles. The molecule has 0 saturated heterocycles. The number of aromatic nitrogens is 2. The second-order valence-corrected chi connectivity index (χ2v) is 5.74. The van der Waals surface area contributed by atoms with E-state index in [0.717, 1.165) is 30.5 Å². The number of benzene rings is 1. The van der Waals surface area contributed by atoms with Gasteiger partial charge in [0.15, 0.2) is 0 Å². The van der Waals surface area contributed by atoms with Crippen molar-refractivity contribution < 1.29 is 9.32 Å². The lowest BCUT2D eigenvalue weighted by Gasteiger charge is -2.17. The van der Waals surface area contributed by atoms with Gasteiger partial charge in [0.2, 0.25) is 17.6 Å². The van der Waals surface area contributed by atoms with Gasteiger partial charge in [-0.2, -0.15) is 4.98 Å². The van der Waals surface area contributed by atoms with Crippen LogP contribution < -0.4 is 11.1 Å². The SMILES string of the molecule is Cc1nc(-c2cccc(NC(=O)[C@@H]3CCC[C@@H]3CN)c2)no1. The molecule has 0 radical (unpaired) electrons. The van der Waals surface area contributed by atoms with Gasteiger partial charge in [-0.3, -0.25) is 4.79 Å². The fourth-order valence-corrected chi connectivity index (χ4v) is 3.05. The molecule has 0 spiro atoms. The molecule has 3 N–H and O–H groups in total. The van der Waals surface area contributed by atoms with Gasteiger partial charge in [0, 0.05) is 24.1 Å². The van der Waals surface area contributed by atoms with Crippen molar-refractivity contribution in [1.82, 2.24) is 10.1 Å². The molecule has 1 aliphatic rings. The van der Waals surface area contributed by atoms with Crippen molar-refractivity contribution in [2.45, 2.75) is 26.2 Å². The summed E-state index contributed by atoms with van der Waals surface area (Å²) in [6.07, 6.45) is 3.02. The third kappa shape index (κ3) is 3.01. The lowest BCUT2D eigenvalue weighted by atomic mass is 9.95. The highest BCUT2D eigenvalue weighted by Gasteiger charge is 2.31. The van der Waals surface area contributed by atoms with E-state index in [0.29, 0.717) is 24.2 Å². The zero-order valence-corrected chi connectivity index (χ0v) is 12.6. The van der Waals surface area contributed by atoms with E-state index in [9.17, 15) is 4.79 Å². The van der Waals surface area contributed by atoms with Gasteiger partial charge in [0.05, 0.1) is 0 Å². The lowest BCUT2D eigenvalue weighted by Crippen LogP contribution is -2.29. The molecule has 1 aliphatic carbocycles. The second-order valence-electron chi connectivity index (χ2n) is 5.74. The fraction of sp³-hybridized carbons (Fsp3) is 0.438. The number of carbonyl (C=O) groups excluding carboxylic acids is 1. The van der Waals surface area contributed by atoms with Gasteiger partial charge in [0.1, 0.15) is 0 Å². The topological polar surface area (TPSA) is 94.0 Å². The van der Waals surface area contributed by atoms with Gasteiger partial charge >= 0.3 is 0 Å². The first-order chi connectivity index (χ1) is 10.7. The van der Waals surface area contributed by atoms with Crippen LogP contribution in [0.1, 0.15) is 25.2 Å². The molecule has 2 atom stereocenters. The van der Waals surface area contributed by atoms with E-state index >= 15 is 0 Å². The normalized spacial score (nSPS) is 21.0. The Morgan fingerprint density at radius 3 is 3.05 bits per heavy atom. The van der Waals surface area contributed by atoms with Crippen molar-refractivity contribution in [1.29, 1.82) is 0 Å². The largest absolute Gasteiger partial charge is 0.339 e. The van der Waals surface area contributed by atoms with Crippen molar-refractivity contribution in [2.24, 2.45) is 17.6 Å². The maximum Gasteiger partial charge on any atom is 0.227 e. The highest BCUT2D eigenvalue weighted by atomic mass is 16.5. The third-order valence-electron chi connectivity index (χ3n) is 4.21. The molecule has 6 heteroatoms. The van der Waals surface area contributed by atoms with Crippen molar-refractivity contribution >= 4 is 11.6 Å². The maximum absolute atomic E-state index is 12.4. The quantitative estimate of drug-likeness (QED) is 0.904. The average molecular weight is 300 g/mol. The molecule has 22 heavy (non-hydrogen) atoms. The molecule has 2 aromatic rings. The molecule has 116 valence electrons. The van der Waals surface area contributed by atoms with Crippen molar-refractivity contribution in [2.75, 3.05) is 11.9 Å². The van der Waals surface area contributed by atoms with Crippen LogP contribution in [0.2, 0.25) is 0 Å². The van der Waals surface area contributed by atoms with E-state index in [-0.39, 0.29) is 11.8 Å². The van der Waals surface area contributed by atoms with E-state index in [4.69, 9.17) is 10.3 Å². The Balaban J connectivity index is 1.74. The molecule has 6 nitrogen and oxygen atoms in total. The van der Waals surface area contributed by atoms with E-state index in [2.05, 4.69) is 15.5 Å². The fourth-order valence-electron chi connectivity index (χ4n) is 3.05. The molecule has 0 aliphatic heterocycles. The number of anilines is 1. The summed E-state index contributed by atoms with van der Waals surface area (Å²) in [4.78, 5) is 16.6. The Morgan fingerprint density at radius 2 is 2.32 bits per heavy atom. The van der Waals surface area contributed by atoms with Gasteiger partial charge in [-0.15, -0.1) is 0 Å². The molecule has 1 saturated carbocycles. The number of nitrogens with zero attached hydrogens (tertiary/aromatic N) is 2. The number of carbonyl (C=O) groups is 1. The van der Waals surface area contributed by atoms with E-state index in [1.54, 1.807) is 6.92 Å². The van der Waals surface area contributed by atoms with Gasteiger partial charge in [-0.05, 0) is 37.4 Å². The van der Waals surface area contributed by atoms with Gasteiger partial charge in [-0.1, -0.05) is 23.7 Å². The number of aryl methyl sites for hydroxylation is 1. The standard InChI is InChI=1S/C16H20N4O2/c1-10-18-15(20-22-10)11-4-2-6-13(8-11)19-16(21)14-7-3-5-12(14)9-17/h2,4,6,8,12,14H,3,5,7,9,17H2,1H3,(H,19,21)/t12-,14-/m1/s1. The molecule has 1 aromatic heterocycles. The van der Waals surface area contributed by atoms with Crippen molar-refractivity contribution in [3.63, 3.8) is 0 Å². The summed E-state index contributed by atoms with van der Waals surface area (Å²) in [5, 5.41) is 6.88. The first-order valence-electron chi connectivity index (χ1n) is 7.59. The van der Waals surface area contributed by atoms with E-state index in [1.807, 2.05) is 24.3 Å². The Hall–Kier alpha value is -2.21. The summed E-state index contributed by atoms with van der Waals surface area (Å²) in [7, 11) is 0. The van der Waals surface area contributed by atoms with Gasteiger partial charge in [-0.25, -0.2) is 0 Å². The lowest BCUT2D eigenvalue weighted by molar-refractivity contribution is -0.120. The monoisotopic (exact) mass is 300 g/mol. The van der Waals surface area contributed by atoms with Crippen LogP contribution in [-0.2, 0) is 4.79 Å². The molecule has 0 unspecified atom stereocenters. The minimum Gasteiger partial charge on any atom is -0.339 e. The van der Waals surface area contributed by atoms with Crippen LogP contribution in [0.5, 0.6) is 0 Å². The van der Waals surface area contributed by atoms with Gasteiger partial charge < -0.3 is 15.6 Å². The zero-order valence-electron chi connectivity index (χ0n) is 12.6. The van der Waals surface area contributed by atoms with E-state index in [1.165, 1.54) is 0 Å². The highest BCUT2D eigenvalue weighted by molar-refractivity contribution is 5.93. The first kappa shape index (κ1) is 14.7. The van der Waals surface area contributed by atoms with Crippen LogP contribution in [0.4, 0.5) is 5.69 Å². The number of amides is 1. The summed E-state index contributed by atoms with van der Waals surface area (Å²) in [6, 6.07) is 7.47. The van der Waals surface area contributed by atoms with Crippen LogP contribution in [-0.4, -0.2) is 22.6 Å². The van der Waals surface area contributed by atoms with Crippen LogP contribution >= 0.6 is 0 Å². The molecular formula is C16H20N4O2. The number of rotatable bonds is 4. The minimum absolute atomic E-state index is 0.0149. The Morgan fingerprint density at radius 1 is 1.45 bits per heavy atom. The summed E-state index contributed by atoms with van der Waals surface area (Å²) < 4.78 is 4.99. The molecular weight excluding hydrogens is 280 g/mol. The molecule has 1 fully saturated rings. The highest BCUT2D eigenvalue weighted by Crippen LogP contribution is 2.32. The zero-order chi connectivity index (χ0) is 15.5. The van der Waals surface area contributed by atoms with Crippen LogP contribution in [0.25, 0.3) is 11.4 Å². The van der Waals surface area contributed by atoms with E-state index < -0.39 is 0 Å².